The van der Waals surface area contributed by atoms with E-state index in [4.69, 9.17) is 0 Å². The average molecular weight is 338 g/mol. The van der Waals surface area contributed by atoms with Gasteiger partial charge in [-0.05, 0) is 17.7 Å². The molecule has 1 N–H and O–H groups in total. The molecule has 6 nitrogen and oxygen atoms in total. The third kappa shape index (κ3) is 4.47. The fourth-order valence-corrected chi connectivity index (χ4v) is 3.30. The highest BCUT2D eigenvalue weighted by atomic mass is 32.2. The third-order valence-corrected chi connectivity index (χ3v) is 4.32. The lowest BCUT2D eigenvalue weighted by atomic mass is 10.1. The van der Waals surface area contributed by atoms with E-state index >= 15 is 0 Å². The van der Waals surface area contributed by atoms with Crippen LogP contribution in [0.3, 0.4) is 0 Å². The van der Waals surface area contributed by atoms with Crippen LogP contribution in [0.15, 0.2) is 29.6 Å². The quantitative estimate of drug-likeness (QED) is 0.843. The van der Waals surface area contributed by atoms with Gasteiger partial charge in [-0.3, -0.25) is 14.9 Å². The van der Waals surface area contributed by atoms with Crippen LogP contribution >= 0.6 is 11.3 Å². The van der Waals surface area contributed by atoms with Crippen LogP contribution in [0, 0.1) is 0 Å². The summed E-state index contributed by atoms with van der Waals surface area (Å²) in [4.78, 5) is 27.3. The molecule has 0 unspecified atom stereocenters. The molecule has 0 aliphatic carbocycles. The van der Waals surface area contributed by atoms with Gasteiger partial charge in [0.05, 0.1) is 5.75 Å². The molecule has 0 spiro atoms. The number of carbonyl (C=O) groups excluding carboxylic acids is 2. The van der Waals surface area contributed by atoms with Gasteiger partial charge in [0, 0.05) is 24.1 Å². The second-order valence-corrected chi connectivity index (χ2v) is 7.82. The van der Waals surface area contributed by atoms with Crippen molar-refractivity contribution in [3.05, 3.63) is 46.5 Å². The predicted octanol–water partition coefficient (Wildman–Crippen LogP) is 2.14. The molecule has 0 aliphatic heterocycles. The highest BCUT2D eigenvalue weighted by Crippen LogP contribution is 2.17. The number of amides is 1. The number of nitrogens with one attached hydrogen (secondary N) is 1. The maximum atomic E-state index is 12.1. The Morgan fingerprint density at radius 3 is 2.64 bits per heavy atom. The topological polar surface area (TPSA) is 93.2 Å². The summed E-state index contributed by atoms with van der Waals surface area (Å²) in [5, 5.41) is 4.48. The summed E-state index contributed by atoms with van der Waals surface area (Å²) in [6.45, 7) is 1.40. The molecule has 22 heavy (non-hydrogen) atoms. The fraction of sp³-hybridized carbons (Fsp3) is 0.214. The van der Waals surface area contributed by atoms with E-state index in [2.05, 4.69) is 10.3 Å². The summed E-state index contributed by atoms with van der Waals surface area (Å²) in [6, 6.07) is 6.38. The van der Waals surface area contributed by atoms with Gasteiger partial charge >= 0.3 is 0 Å². The molecule has 2 rings (SSSR count). The molecule has 8 heteroatoms. The highest BCUT2D eigenvalue weighted by molar-refractivity contribution is 7.89. The van der Waals surface area contributed by atoms with Gasteiger partial charge in [-0.2, -0.15) is 0 Å². The number of sulfone groups is 1. The van der Waals surface area contributed by atoms with E-state index in [0.717, 1.165) is 17.6 Å². The molecular weight excluding hydrogens is 324 g/mol. The molecule has 0 bridgehead atoms. The number of Topliss-reactive ketones (excluding diaryl/α,β-unsaturated/α-hetero) is 1. The molecule has 116 valence electrons. The molecule has 0 saturated carbocycles. The van der Waals surface area contributed by atoms with Crippen LogP contribution in [0.4, 0.5) is 5.13 Å². The molecule has 1 aromatic heterocycles. The van der Waals surface area contributed by atoms with Gasteiger partial charge in [0.15, 0.2) is 20.8 Å². The third-order valence-electron chi connectivity index (χ3n) is 2.70. The van der Waals surface area contributed by atoms with Crippen LogP contribution in [-0.2, 0) is 15.6 Å². The predicted molar refractivity (Wildman–Crippen MR) is 85.1 cm³/mol. The molecule has 1 amide bonds. The van der Waals surface area contributed by atoms with Gasteiger partial charge in [0.25, 0.3) is 5.91 Å². The minimum Gasteiger partial charge on any atom is -0.298 e. The molecule has 1 aromatic carbocycles. The molecule has 0 atom stereocenters. The van der Waals surface area contributed by atoms with Crippen molar-refractivity contribution in [2.75, 3.05) is 11.6 Å². The number of nitrogens with zero attached hydrogens (tertiary/aromatic N) is 1. The molecule has 0 saturated heterocycles. The molecule has 0 aliphatic rings. The maximum absolute atomic E-state index is 12.1. The molecule has 0 radical (unpaired) electrons. The van der Waals surface area contributed by atoms with Gasteiger partial charge < -0.3 is 0 Å². The standard InChI is InChI=1S/C14H14N2O4S2/c1-9(17)12-7-21-14(15-12)16-13(18)11-5-3-4-10(6-11)8-22(2,19)20/h3-7H,8H2,1-2H3,(H,15,16,18). The van der Waals surface area contributed by atoms with Gasteiger partial charge in [0.1, 0.15) is 5.69 Å². The normalized spacial score (nSPS) is 11.2. The zero-order valence-corrected chi connectivity index (χ0v) is 13.6. The van der Waals surface area contributed by atoms with E-state index in [1.165, 1.54) is 13.0 Å². The van der Waals surface area contributed by atoms with Crippen molar-refractivity contribution < 1.29 is 18.0 Å². The van der Waals surface area contributed by atoms with E-state index in [1.807, 2.05) is 0 Å². The van der Waals surface area contributed by atoms with Crippen molar-refractivity contribution in [3.63, 3.8) is 0 Å². The van der Waals surface area contributed by atoms with E-state index in [1.54, 1.807) is 23.6 Å². The van der Waals surface area contributed by atoms with Crippen LogP contribution in [0.2, 0.25) is 0 Å². The molecular formula is C14H14N2O4S2. The lowest BCUT2D eigenvalue weighted by molar-refractivity contribution is 0.100. The second-order valence-electron chi connectivity index (χ2n) is 4.82. The monoisotopic (exact) mass is 338 g/mol. The summed E-state index contributed by atoms with van der Waals surface area (Å²) in [7, 11) is -3.16. The summed E-state index contributed by atoms with van der Waals surface area (Å²) < 4.78 is 22.6. The fourth-order valence-electron chi connectivity index (χ4n) is 1.77. The van der Waals surface area contributed by atoms with Crippen molar-refractivity contribution in [1.29, 1.82) is 0 Å². The minimum atomic E-state index is -3.16. The summed E-state index contributed by atoms with van der Waals surface area (Å²) >= 11 is 1.16. The Morgan fingerprint density at radius 1 is 1.32 bits per heavy atom. The molecule has 0 fully saturated rings. The first-order valence-corrected chi connectivity index (χ1v) is 9.23. The smallest absolute Gasteiger partial charge is 0.257 e. The van der Waals surface area contributed by atoms with Crippen LogP contribution in [-0.4, -0.2) is 31.3 Å². The minimum absolute atomic E-state index is 0.125. The van der Waals surface area contributed by atoms with E-state index in [9.17, 15) is 18.0 Å². The first kappa shape index (κ1) is 16.3. The zero-order valence-electron chi connectivity index (χ0n) is 12.0. The number of carbonyl (C=O) groups is 2. The van der Waals surface area contributed by atoms with E-state index in [0.29, 0.717) is 22.0 Å². The van der Waals surface area contributed by atoms with Crippen molar-refractivity contribution in [2.45, 2.75) is 12.7 Å². The number of anilines is 1. The number of rotatable bonds is 5. The molecule has 2 aromatic rings. The number of ketones is 1. The molecule has 1 heterocycles. The van der Waals surface area contributed by atoms with Gasteiger partial charge in [0.2, 0.25) is 0 Å². The second kappa shape index (κ2) is 6.37. The number of hydrogen-bond donors (Lipinski definition) is 1. The summed E-state index contributed by atoms with van der Waals surface area (Å²) in [5.74, 6) is -0.702. The zero-order chi connectivity index (χ0) is 16.3. The Kier molecular flexibility index (Phi) is 4.72. The van der Waals surface area contributed by atoms with Crippen molar-refractivity contribution in [2.24, 2.45) is 0 Å². The summed E-state index contributed by atoms with van der Waals surface area (Å²) in [6.07, 6.45) is 1.14. The number of hydrogen-bond acceptors (Lipinski definition) is 6. The number of thiazole rings is 1. The Labute approximate surface area is 132 Å². The SMILES string of the molecule is CC(=O)c1csc(NC(=O)c2cccc(CS(C)(=O)=O)c2)n1. The van der Waals surface area contributed by atoms with Crippen LogP contribution in [0.25, 0.3) is 0 Å². The van der Waals surface area contributed by atoms with E-state index < -0.39 is 15.7 Å². The Hall–Kier alpha value is -2.06. The van der Waals surface area contributed by atoms with Crippen LogP contribution in [0.1, 0.15) is 33.3 Å². The van der Waals surface area contributed by atoms with Gasteiger partial charge in [-0.25, -0.2) is 13.4 Å². The van der Waals surface area contributed by atoms with Gasteiger partial charge in [-0.15, -0.1) is 11.3 Å². The average Bonchev–Trinajstić information content (AvgIpc) is 2.85. The largest absolute Gasteiger partial charge is 0.298 e. The Balaban J connectivity index is 2.15. The maximum Gasteiger partial charge on any atom is 0.257 e. The highest BCUT2D eigenvalue weighted by Gasteiger charge is 2.12. The van der Waals surface area contributed by atoms with Gasteiger partial charge in [-0.1, -0.05) is 12.1 Å². The van der Waals surface area contributed by atoms with Crippen LogP contribution in [0.5, 0.6) is 0 Å². The van der Waals surface area contributed by atoms with Crippen molar-refractivity contribution in [3.8, 4) is 0 Å². The lowest BCUT2D eigenvalue weighted by Gasteiger charge is -2.04. The van der Waals surface area contributed by atoms with Crippen molar-refractivity contribution in [1.82, 2.24) is 4.98 Å². The van der Waals surface area contributed by atoms with E-state index in [-0.39, 0.29) is 11.5 Å². The summed E-state index contributed by atoms with van der Waals surface area (Å²) in [5.41, 5.74) is 1.17. The Morgan fingerprint density at radius 2 is 2.05 bits per heavy atom. The number of benzene rings is 1. The number of aromatic nitrogens is 1. The lowest BCUT2D eigenvalue weighted by Crippen LogP contribution is -2.12. The first-order chi connectivity index (χ1) is 10.2. The van der Waals surface area contributed by atoms with Crippen LogP contribution < -0.4 is 5.32 Å². The van der Waals surface area contributed by atoms with Crippen molar-refractivity contribution >= 4 is 38.0 Å². The Bertz CT molecular complexity index is 825. The first-order valence-electron chi connectivity index (χ1n) is 6.29.